The fourth-order valence-corrected chi connectivity index (χ4v) is 4.15. The lowest BCUT2D eigenvalue weighted by Gasteiger charge is -2.08. The molecule has 0 aliphatic heterocycles. The normalized spacial score (nSPS) is 12.1. The van der Waals surface area contributed by atoms with Crippen LogP contribution in [-0.4, -0.2) is 46.0 Å². The highest BCUT2D eigenvalue weighted by atomic mass is 32.1. The first-order valence-electron chi connectivity index (χ1n) is 9.97. The van der Waals surface area contributed by atoms with E-state index >= 15 is 0 Å². The second-order valence-corrected chi connectivity index (χ2v) is 7.82. The summed E-state index contributed by atoms with van der Waals surface area (Å²) in [5.41, 5.74) is 1.79. The number of benzene rings is 1. The minimum Gasteiger partial charge on any atom is -0.462 e. The van der Waals surface area contributed by atoms with Crippen molar-refractivity contribution in [2.24, 2.45) is 4.99 Å². The number of ether oxygens (including phenoxy) is 2. The van der Waals surface area contributed by atoms with Crippen LogP contribution in [0.4, 0.5) is 0 Å². The van der Waals surface area contributed by atoms with Gasteiger partial charge in [-0.05, 0) is 52.0 Å². The van der Waals surface area contributed by atoms with E-state index in [1.54, 1.807) is 36.0 Å². The Labute approximate surface area is 178 Å². The number of rotatable bonds is 8. The Morgan fingerprint density at radius 3 is 2.70 bits per heavy atom. The van der Waals surface area contributed by atoms with Crippen LogP contribution in [-0.2, 0) is 16.0 Å². The number of nitrogens with zero attached hydrogens (tertiary/aromatic N) is 4. The zero-order chi connectivity index (χ0) is 21.7. The summed E-state index contributed by atoms with van der Waals surface area (Å²) in [5, 5.41) is 4.21. The average molecular weight is 431 g/mol. The van der Waals surface area contributed by atoms with Crippen LogP contribution in [0.2, 0.25) is 0 Å². The molecule has 3 aromatic rings. The first-order chi connectivity index (χ1) is 14.5. The molecule has 0 bridgehead atoms. The van der Waals surface area contributed by atoms with Crippen LogP contribution in [0.25, 0.3) is 10.2 Å². The zero-order valence-electron chi connectivity index (χ0n) is 17.6. The number of aromatic nitrogens is 3. The Bertz CT molecular complexity index is 1110. The summed E-state index contributed by atoms with van der Waals surface area (Å²) in [6.07, 6.45) is 1.60. The standard InChI is InChI=1S/C21H26N4O4S/c1-5-28-12-11-24-16-8-7-15(20(27)29-6-2)13-18(16)30-21(24)23-19(26)17-9-10-22-25(17)14(3)4/h7-10,13-14H,5-6,11-12H2,1-4H3. The first-order valence-corrected chi connectivity index (χ1v) is 10.8. The molecule has 0 fully saturated rings. The molecule has 0 N–H and O–H groups in total. The summed E-state index contributed by atoms with van der Waals surface area (Å²) in [6, 6.07) is 7.07. The molecule has 1 aromatic carbocycles. The smallest absolute Gasteiger partial charge is 0.338 e. The van der Waals surface area contributed by atoms with Crippen molar-refractivity contribution in [1.82, 2.24) is 14.3 Å². The fourth-order valence-electron chi connectivity index (χ4n) is 3.06. The molecule has 30 heavy (non-hydrogen) atoms. The zero-order valence-corrected chi connectivity index (χ0v) is 18.4. The third-order valence-electron chi connectivity index (χ3n) is 4.43. The van der Waals surface area contributed by atoms with Crippen molar-refractivity contribution in [3.05, 3.63) is 46.5 Å². The van der Waals surface area contributed by atoms with E-state index in [2.05, 4.69) is 10.1 Å². The molecule has 0 aliphatic rings. The molecule has 8 nitrogen and oxygen atoms in total. The minimum atomic E-state index is -0.371. The number of fused-ring (bicyclic) bond motifs is 1. The van der Waals surface area contributed by atoms with Gasteiger partial charge in [0.1, 0.15) is 5.69 Å². The Morgan fingerprint density at radius 2 is 2.00 bits per heavy atom. The summed E-state index contributed by atoms with van der Waals surface area (Å²) < 4.78 is 15.0. The van der Waals surface area contributed by atoms with Crippen LogP contribution < -0.4 is 4.80 Å². The Kier molecular flexibility index (Phi) is 7.17. The second kappa shape index (κ2) is 9.82. The number of thiazole rings is 1. The highest BCUT2D eigenvalue weighted by molar-refractivity contribution is 7.16. The van der Waals surface area contributed by atoms with E-state index in [4.69, 9.17) is 9.47 Å². The molecule has 0 aliphatic carbocycles. The molecule has 0 saturated carbocycles. The molecule has 0 unspecified atom stereocenters. The monoisotopic (exact) mass is 430 g/mol. The lowest BCUT2D eigenvalue weighted by atomic mass is 10.2. The van der Waals surface area contributed by atoms with Gasteiger partial charge in [-0.2, -0.15) is 10.1 Å². The van der Waals surface area contributed by atoms with Crippen LogP contribution in [0, 0.1) is 0 Å². The van der Waals surface area contributed by atoms with Crippen molar-refractivity contribution in [2.45, 2.75) is 40.3 Å². The molecule has 9 heteroatoms. The number of hydrogen-bond acceptors (Lipinski definition) is 6. The van der Waals surface area contributed by atoms with Gasteiger partial charge in [-0.25, -0.2) is 4.79 Å². The molecule has 0 saturated heterocycles. The van der Waals surface area contributed by atoms with Crippen molar-refractivity contribution in [1.29, 1.82) is 0 Å². The van der Waals surface area contributed by atoms with Crippen molar-refractivity contribution in [3.63, 3.8) is 0 Å². The lowest BCUT2D eigenvalue weighted by Crippen LogP contribution is -2.21. The van der Waals surface area contributed by atoms with Gasteiger partial charge in [-0.1, -0.05) is 11.3 Å². The first kappa shape index (κ1) is 21.9. The molecule has 2 heterocycles. The molecule has 0 spiro atoms. The van der Waals surface area contributed by atoms with Gasteiger partial charge in [0.25, 0.3) is 5.91 Å². The largest absolute Gasteiger partial charge is 0.462 e. The number of esters is 1. The van der Waals surface area contributed by atoms with Crippen LogP contribution in [0.3, 0.4) is 0 Å². The molecule has 1 amide bonds. The van der Waals surface area contributed by atoms with Gasteiger partial charge in [0, 0.05) is 25.4 Å². The molecule has 3 rings (SSSR count). The van der Waals surface area contributed by atoms with E-state index in [0.29, 0.717) is 42.4 Å². The summed E-state index contributed by atoms with van der Waals surface area (Å²) in [5.74, 6) is -0.729. The number of amides is 1. The minimum absolute atomic E-state index is 0.0498. The maximum absolute atomic E-state index is 12.9. The lowest BCUT2D eigenvalue weighted by molar-refractivity contribution is 0.0526. The van der Waals surface area contributed by atoms with Crippen molar-refractivity contribution in [3.8, 4) is 0 Å². The summed E-state index contributed by atoms with van der Waals surface area (Å²) in [6.45, 7) is 9.58. The van der Waals surface area contributed by atoms with Crippen LogP contribution >= 0.6 is 11.3 Å². The second-order valence-electron chi connectivity index (χ2n) is 6.81. The molecule has 2 aromatic heterocycles. The van der Waals surface area contributed by atoms with E-state index < -0.39 is 0 Å². The van der Waals surface area contributed by atoms with Gasteiger partial charge in [-0.15, -0.1) is 0 Å². The van der Waals surface area contributed by atoms with Gasteiger partial charge in [0.2, 0.25) is 0 Å². The Balaban J connectivity index is 2.07. The summed E-state index contributed by atoms with van der Waals surface area (Å²) in [4.78, 5) is 29.9. The van der Waals surface area contributed by atoms with Gasteiger partial charge >= 0.3 is 5.97 Å². The summed E-state index contributed by atoms with van der Waals surface area (Å²) >= 11 is 1.35. The van der Waals surface area contributed by atoms with E-state index in [1.165, 1.54) is 11.3 Å². The van der Waals surface area contributed by atoms with Gasteiger partial charge in [0.05, 0.1) is 29.0 Å². The van der Waals surface area contributed by atoms with Gasteiger partial charge in [0.15, 0.2) is 4.80 Å². The molecular weight excluding hydrogens is 404 g/mol. The molecular formula is C21H26N4O4S. The summed E-state index contributed by atoms with van der Waals surface area (Å²) in [7, 11) is 0. The topological polar surface area (TPSA) is 87.7 Å². The predicted octanol–water partition coefficient (Wildman–Crippen LogP) is 3.43. The molecule has 0 radical (unpaired) electrons. The van der Waals surface area contributed by atoms with Crippen LogP contribution in [0.1, 0.15) is 54.6 Å². The molecule has 0 atom stereocenters. The van der Waals surface area contributed by atoms with E-state index in [0.717, 1.165) is 10.2 Å². The van der Waals surface area contributed by atoms with E-state index in [1.807, 2.05) is 31.4 Å². The Morgan fingerprint density at radius 1 is 1.20 bits per heavy atom. The van der Waals surface area contributed by atoms with Gasteiger partial charge in [-0.3, -0.25) is 9.48 Å². The van der Waals surface area contributed by atoms with Crippen molar-refractivity contribution >= 4 is 33.4 Å². The predicted molar refractivity (Wildman–Crippen MR) is 115 cm³/mol. The number of carbonyl (C=O) groups is 2. The van der Waals surface area contributed by atoms with E-state index in [-0.39, 0.29) is 17.9 Å². The maximum Gasteiger partial charge on any atom is 0.338 e. The SMILES string of the molecule is CCOCCn1c(=NC(=O)c2ccnn2C(C)C)sc2cc(C(=O)OCC)ccc21. The van der Waals surface area contributed by atoms with Crippen molar-refractivity contribution < 1.29 is 19.1 Å². The maximum atomic E-state index is 12.9. The number of carbonyl (C=O) groups excluding carboxylic acids is 2. The molecule has 160 valence electrons. The Hall–Kier alpha value is -2.78. The third-order valence-corrected chi connectivity index (χ3v) is 5.47. The third kappa shape index (κ3) is 4.68. The number of hydrogen-bond donors (Lipinski definition) is 0. The van der Waals surface area contributed by atoms with Crippen molar-refractivity contribution in [2.75, 3.05) is 19.8 Å². The van der Waals surface area contributed by atoms with Crippen LogP contribution in [0.5, 0.6) is 0 Å². The highest BCUT2D eigenvalue weighted by Crippen LogP contribution is 2.20. The van der Waals surface area contributed by atoms with Crippen LogP contribution in [0.15, 0.2) is 35.5 Å². The highest BCUT2D eigenvalue weighted by Gasteiger charge is 2.16. The van der Waals surface area contributed by atoms with Gasteiger partial charge < -0.3 is 14.0 Å². The quantitative estimate of drug-likeness (QED) is 0.404. The average Bonchev–Trinajstić information content (AvgIpc) is 3.33. The van der Waals surface area contributed by atoms with E-state index in [9.17, 15) is 9.59 Å². The fraction of sp³-hybridized carbons (Fsp3) is 0.429.